The first-order chi connectivity index (χ1) is 12.5. The normalized spacial score (nSPS) is 20.3. The van der Waals surface area contributed by atoms with Crippen molar-refractivity contribution >= 4 is 33.3 Å². The summed E-state index contributed by atoms with van der Waals surface area (Å²) in [5.74, 6) is 1.17. The van der Waals surface area contributed by atoms with Gasteiger partial charge in [0.15, 0.2) is 0 Å². The Labute approximate surface area is 156 Å². The third-order valence-corrected chi connectivity index (χ3v) is 6.23. The maximum absolute atomic E-state index is 12.4. The minimum absolute atomic E-state index is 0.0326. The average Bonchev–Trinajstić information content (AvgIpc) is 3.23. The van der Waals surface area contributed by atoms with Crippen molar-refractivity contribution in [2.75, 3.05) is 18.9 Å². The molecule has 3 aromatic rings. The summed E-state index contributed by atoms with van der Waals surface area (Å²) in [6, 6.07) is 2.14. The summed E-state index contributed by atoms with van der Waals surface area (Å²) in [6.45, 7) is 4.80. The molecule has 3 aromatic heterocycles. The summed E-state index contributed by atoms with van der Waals surface area (Å²) in [5, 5.41) is 8.86. The van der Waals surface area contributed by atoms with Gasteiger partial charge in [0.25, 0.3) is 0 Å². The van der Waals surface area contributed by atoms with Crippen LogP contribution >= 0.6 is 11.3 Å². The molecule has 0 unspecified atom stereocenters. The van der Waals surface area contributed by atoms with Crippen molar-refractivity contribution in [3.05, 3.63) is 34.7 Å². The van der Waals surface area contributed by atoms with E-state index in [1.807, 2.05) is 36.8 Å². The third-order valence-electron chi connectivity index (χ3n) is 5.27. The van der Waals surface area contributed by atoms with Crippen LogP contribution < -0.4 is 5.32 Å². The highest BCUT2D eigenvalue weighted by Crippen LogP contribution is 2.38. The molecule has 4 rings (SSSR count). The van der Waals surface area contributed by atoms with Gasteiger partial charge in [-0.2, -0.15) is 5.10 Å². The van der Waals surface area contributed by atoms with Crippen LogP contribution in [0.25, 0.3) is 10.2 Å². The lowest BCUT2D eigenvalue weighted by Gasteiger charge is -2.25. The number of thiophene rings is 1. The van der Waals surface area contributed by atoms with Gasteiger partial charge in [0.05, 0.1) is 17.6 Å². The van der Waals surface area contributed by atoms with E-state index >= 15 is 0 Å². The Morgan fingerprint density at radius 1 is 1.31 bits per heavy atom. The van der Waals surface area contributed by atoms with Crippen molar-refractivity contribution in [2.24, 2.45) is 13.0 Å². The maximum Gasteiger partial charge on any atom is 0.223 e. The monoisotopic (exact) mass is 370 g/mol. The standard InChI is InChI=1S/C18H22N6OS/c1-10-5-13-17(20-9-21-18(13)26-10)19-7-12-6-15(25)23(3)16(12)14-8-22-24(4)11(14)2/h5,8-9,12,16H,6-7H2,1-4H3,(H,19,20,21)/t12-,16+/m0/s1. The Bertz CT molecular complexity index is 977. The topological polar surface area (TPSA) is 75.9 Å². The number of anilines is 1. The molecule has 4 heterocycles. The number of rotatable bonds is 4. The highest BCUT2D eigenvalue weighted by molar-refractivity contribution is 7.18. The van der Waals surface area contributed by atoms with Gasteiger partial charge in [-0.15, -0.1) is 11.3 Å². The molecule has 0 saturated carbocycles. The summed E-state index contributed by atoms with van der Waals surface area (Å²) < 4.78 is 1.86. The first-order valence-electron chi connectivity index (χ1n) is 8.65. The van der Waals surface area contributed by atoms with Crippen LogP contribution in [0.5, 0.6) is 0 Å². The van der Waals surface area contributed by atoms with Gasteiger partial charge in [-0.25, -0.2) is 9.97 Å². The number of hydrogen-bond acceptors (Lipinski definition) is 6. The first-order valence-corrected chi connectivity index (χ1v) is 9.46. The van der Waals surface area contributed by atoms with E-state index in [2.05, 4.69) is 33.4 Å². The Hall–Kier alpha value is -2.48. The summed E-state index contributed by atoms with van der Waals surface area (Å²) in [7, 11) is 3.81. The Balaban J connectivity index is 1.60. The number of aryl methyl sites for hydroxylation is 2. The molecule has 8 heteroatoms. The molecule has 1 N–H and O–H groups in total. The van der Waals surface area contributed by atoms with Gasteiger partial charge in [0, 0.05) is 49.1 Å². The molecule has 1 aliphatic rings. The van der Waals surface area contributed by atoms with Gasteiger partial charge in [0.2, 0.25) is 5.91 Å². The Kier molecular flexibility index (Phi) is 4.14. The Morgan fingerprint density at radius 3 is 2.85 bits per heavy atom. The number of hydrogen-bond donors (Lipinski definition) is 1. The maximum atomic E-state index is 12.4. The van der Waals surface area contributed by atoms with Crippen molar-refractivity contribution in [1.82, 2.24) is 24.6 Å². The van der Waals surface area contributed by atoms with Crippen molar-refractivity contribution in [3.8, 4) is 0 Å². The minimum atomic E-state index is 0.0326. The summed E-state index contributed by atoms with van der Waals surface area (Å²) in [4.78, 5) is 25.2. The fraction of sp³-hybridized carbons (Fsp3) is 0.444. The van der Waals surface area contributed by atoms with Crippen LogP contribution in [-0.2, 0) is 11.8 Å². The molecule has 26 heavy (non-hydrogen) atoms. The van der Waals surface area contributed by atoms with Gasteiger partial charge in [-0.05, 0) is 19.9 Å². The molecule has 7 nitrogen and oxygen atoms in total. The fourth-order valence-corrected chi connectivity index (χ4v) is 4.60. The van der Waals surface area contributed by atoms with Crippen LogP contribution in [0.3, 0.4) is 0 Å². The predicted octanol–water partition coefficient (Wildman–Crippen LogP) is 2.67. The molecule has 136 valence electrons. The van der Waals surface area contributed by atoms with Crippen LogP contribution in [0.15, 0.2) is 18.6 Å². The van der Waals surface area contributed by atoms with E-state index in [9.17, 15) is 4.79 Å². The van der Waals surface area contributed by atoms with Crippen molar-refractivity contribution in [1.29, 1.82) is 0 Å². The number of aromatic nitrogens is 4. The number of nitrogens with one attached hydrogen (secondary N) is 1. The molecule has 1 saturated heterocycles. The van der Waals surface area contributed by atoms with E-state index in [1.165, 1.54) is 4.88 Å². The van der Waals surface area contributed by atoms with E-state index in [-0.39, 0.29) is 17.9 Å². The zero-order valence-electron chi connectivity index (χ0n) is 15.4. The van der Waals surface area contributed by atoms with Crippen LogP contribution in [-0.4, -0.2) is 44.1 Å². The van der Waals surface area contributed by atoms with E-state index in [4.69, 9.17) is 0 Å². The number of fused-ring (bicyclic) bond motifs is 1. The van der Waals surface area contributed by atoms with E-state index < -0.39 is 0 Å². The SMILES string of the molecule is Cc1cc2c(NC[C@@H]3CC(=O)N(C)[C@H]3c3cnn(C)c3C)ncnc2s1. The van der Waals surface area contributed by atoms with Crippen molar-refractivity contribution in [3.63, 3.8) is 0 Å². The molecule has 1 amide bonds. The van der Waals surface area contributed by atoms with Crippen LogP contribution in [0, 0.1) is 19.8 Å². The summed E-state index contributed by atoms with van der Waals surface area (Å²) in [6.07, 6.45) is 4.00. The Morgan fingerprint density at radius 2 is 2.12 bits per heavy atom. The van der Waals surface area contributed by atoms with E-state index in [0.29, 0.717) is 13.0 Å². The summed E-state index contributed by atoms with van der Waals surface area (Å²) in [5.41, 5.74) is 2.21. The first kappa shape index (κ1) is 17.0. The molecular formula is C18H22N6OS. The smallest absolute Gasteiger partial charge is 0.223 e. The lowest BCUT2D eigenvalue weighted by atomic mass is 9.94. The third kappa shape index (κ3) is 2.74. The highest BCUT2D eigenvalue weighted by atomic mass is 32.1. The molecule has 0 bridgehead atoms. The van der Waals surface area contributed by atoms with Crippen LogP contribution in [0.1, 0.15) is 28.6 Å². The predicted molar refractivity (Wildman–Crippen MR) is 102 cm³/mol. The van der Waals surface area contributed by atoms with Gasteiger partial charge < -0.3 is 10.2 Å². The number of carbonyl (C=O) groups is 1. The fourth-order valence-electron chi connectivity index (χ4n) is 3.75. The number of likely N-dealkylation sites (tertiary alicyclic amines) is 1. The van der Waals surface area contributed by atoms with Crippen molar-refractivity contribution in [2.45, 2.75) is 26.3 Å². The van der Waals surface area contributed by atoms with Gasteiger partial charge in [-0.1, -0.05) is 0 Å². The minimum Gasteiger partial charge on any atom is -0.369 e. The van der Waals surface area contributed by atoms with Crippen LogP contribution in [0.2, 0.25) is 0 Å². The molecule has 2 atom stereocenters. The average molecular weight is 370 g/mol. The number of amides is 1. The molecule has 1 fully saturated rings. The molecular weight excluding hydrogens is 348 g/mol. The highest BCUT2D eigenvalue weighted by Gasteiger charge is 2.39. The lowest BCUT2D eigenvalue weighted by Crippen LogP contribution is -2.27. The van der Waals surface area contributed by atoms with Crippen LogP contribution in [0.4, 0.5) is 5.82 Å². The number of nitrogens with zero attached hydrogens (tertiary/aromatic N) is 5. The van der Waals surface area contributed by atoms with Gasteiger partial charge in [0.1, 0.15) is 17.0 Å². The van der Waals surface area contributed by atoms with E-state index in [0.717, 1.165) is 27.3 Å². The second-order valence-corrected chi connectivity index (χ2v) is 8.14. The van der Waals surface area contributed by atoms with Crippen molar-refractivity contribution < 1.29 is 4.79 Å². The van der Waals surface area contributed by atoms with Gasteiger partial charge >= 0.3 is 0 Å². The lowest BCUT2D eigenvalue weighted by molar-refractivity contribution is -0.127. The molecule has 0 aromatic carbocycles. The quantitative estimate of drug-likeness (QED) is 0.764. The second-order valence-electron chi connectivity index (χ2n) is 6.90. The zero-order chi connectivity index (χ0) is 18.4. The second kappa shape index (κ2) is 6.35. The zero-order valence-corrected chi connectivity index (χ0v) is 16.2. The number of carbonyl (C=O) groups excluding carboxylic acids is 1. The largest absolute Gasteiger partial charge is 0.369 e. The summed E-state index contributed by atoms with van der Waals surface area (Å²) >= 11 is 1.66. The van der Waals surface area contributed by atoms with E-state index in [1.54, 1.807) is 17.7 Å². The molecule has 1 aliphatic heterocycles. The molecule has 0 spiro atoms. The van der Waals surface area contributed by atoms with Gasteiger partial charge in [-0.3, -0.25) is 9.48 Å². The molecule has 0 radical (unpaired) electrons. The molecule has 0 aliphatic carbocycles.